The first-order chi connectivity index (χ1) is 11.1. The lowest BCUT2D eigenvalue weighted by Crippen LogP contribution is -1.97. The van der Waals surface area contributed by atoms with Crippen LogP contribution in [0, 0.1) is 0 Å². The molecule has 5 nitrogen and oxygen atoms in total. The summed E-state index contributed by atoms with van der Waals surface area (Å²) in [5.41, 5.74) is 0.842. The van der Waals surface area contributed by atoms with Crippen molar-refractivity contribution in [2.75, 3.05) is 21.3 Å². The lowest BCUT2D eigenvalue weighted by molar-refractivity contribution is 0.104. The maximum atomic E-state index is 12.2. The smallest absolute Gasteiger partial charge is 0.189 e. The molecule has 1 N–H and O–H groups in total. The number of carbonyl (C=O) groups is 1. The molecule has 2 aromatic rings. The Morgan fingerprint density at radius 1 is 1.00 bits per heavy atom. The Morgan fingerprint density at radius 3 is 2.13 bits per heavy atom. The van der Waals surface area contributed by atoms with Crippen molar-refractivity contribution in [2.45, 2.75) is 0 Å². The standard InChI is InChI=1S/C18H18O5/c1-21-12-10-17(22-2)14(18(11-12)23-3)8-9-16(20)13-6-4-5-7-15(13)19/h4-11,19H,1-3H3/b9-8+. The Labute approximate surface area is 134 Å². The molecule has 0 unspecified atom stereocenters. The Hall–Kier alpha value is -2.95. The van der Waals surface area contributed by atoms with Crippen molar-refractivity contribution in [3.05, 3.63) is 53.6 Å². The third-order valence-electron chi connectivity index (χ3n) is 3.32. The molecule has 0 aliphatic heterocycles. The lowest BCUT2D eigenvalue weighted by atomic mass is 10.1. The van der Waals surface area contributed by atoms with Crippen LogP contribution in [0.15, 0.2) is 42.5 Å². The summed E-state index contributed by atoms with van der Waals surface area (Å²) in [7, 11) is 4.60. The van der Waals surface area contributed by atoms with Gasteiger partial charge in [0.05, 0.1) is 32.5 Å². The molecule has 0 atom stereocenters. The summed E-state index contributed by atoms with van der Waals surface area (Å²) in [6.45, 7) is 0. The molecular formula is C18H18O5. The van der Waals surface area contributed by atoms with Crippen molar-refractivity contribution >= 4 is 11.9 Å². The molecule has 0 radical (unpaired) electrons. The van der Waals surface area contributed by atoms with Gasteiger partial charge < -0.3 is 19.3 Å². The molecule has 0 aromatic heterocycles. The first-order valence-electron chi connectivity index (χ1n) is 6.91. The molecule has 0 amide bonds. The molecule has 0 fully saturated rings. The molecule has 0 aliphatic rings. The van der Waals surface area contributed by atoms with Crippen LogP contribution in [0.3, 0.4) is 0 Å². The zero-order valence-corrected chi connectivity index (χ0v) is 13.2. The number of benzene rings is 2. The van der Waals surface area contributed by atoms with E-state index in [9.17, 15) is 9.90 Å². The number of allylic oxidation sites excluding steroid dienone is 1. The molecule has 0 saturated heterocycles. The Kier molecular flexibility index (Phi) is 5.25. The van der Waals surface area contributed by atoms with Crippen molar-refractivity contribution in [1.82, 2.24) is 0 Å². The van der Waals surface area contributed by atoms with Gasteiger partial charge in [-0.2, -0.15) is 0 Å². The number of carbonyl (C=O) groups excluding carboxylic acids is 1. The molecule has 0 heterocycles. The van der Waals surface area contributed by atoms with Gasteiger partial charge in [-0.05, 0) is 24.3 Å². The van der Waals surface area contributed by atoms with Crippen LogP contribution < -0.4 is 14.2 Å². The van der Waals surface area contributed by atoms with Gasteiger partial charge >= 0.3 is 0 Å². The van der Waals surface area contributed by atoms with Crippen LogP contribution in [0.4, 0.5) is 0 Å². The van der Waals surface area contributed by atoms with Gasteiger partial charge in [-0.25, -0.2) is 0 Å². The monoisotopic (exact) mass is 314 g/mol. The van der Waals surface area contributed by atoms with E-state index in [4.69, 9.17) is 14.2 Å². The SMILES string of the molecule is COc1cc(OC)c(/C=C/C(=O)c2ccccc2O)c(OC)c1. The van der Waals surface area contributed by atoms with Crippen LogP contribution in [0.1, 0.15) is 15.9 Å². The van der Waals surface area contributed by atoms with Crippen LogP contribution in [0.2, 0.25) is 0 Å². The molecular weight excluding hydrogens is 296 g/mol. The molecule has 2 aromatic carbocycles. The molecule has 0 spiro atoms. The first kappa shape index (κ1) is 16.4. The van der Waals surface area contributed by atoms with Crippen LogP contribution in [0.25, 0.3) is 6.08 Å². The maximum absolute atomic E-state index is 12.2. The minimum absolute atomic E-state index is 0.0594. The summed E-state index contributed by atoms with van der Waals surface area (Å²) < 4.78 is 15.8. The zero-order valence-electron chi connectivity index (χ0n) is 13.2. The van der Waals surface area contributed by atoms with Crippen molar-refractivity contribution in [1.29, 1.82) is 0 Å². The highest BCUT2D eigenvalue weighted by Crippen LogP contribution is 2.35. The Balaban J connectivity index is 2.39. The van der Waals surface area contributed by atoms with Gasteiger partial charge in [0.1, 0.15) is 23.0 Å². The van der Waals surface area contributed by atoms with Crippen molar-refractivity contribution in [3.8, 4) is 23.0 Å². The van der Waals surface area contributed by atoms with E-state index < -0.39 is 0 Å². The third-order valence-corrected chi connectivity index (χ3v) is 3.32. The molecule has 0 bridgehead atoms. The summed E-state index contributed by atoms with van der Waals surface area (Å²) >= 11 is 0. The zero-order chi connectivity index (χ0) is 16.8. The largest absolute Gasteiger partial charge is 0.507 e. The second-order valence-electron chi connectivity index (χ2n) is 4.66. The highest BCUT2D eigenvalue weighted by atomic mass is 16.5. The van der Waals surface area contributed by atoms with Gasteiger partial charge in [0, 0.05) is 12.1 Å². The van der Waals surface area contributed by atoms with E-state index >= 15 is 0 Å². The second kappa shape index (κ2) is 7.35. The number of rotatable bonds is 6. The van der Waals surface area contributed by atoms with Crippen molar-refractivity contribution in [3.63, 3.8) is 0 Å². The number of hydrogen-bond donors (Lipinski definition) is 1. The van der Waals surface area contributed by atoms with E-state index in [0.717, 1.165) is 0 Å². The normalized spacial score (nSPS) is 10.6. The average molecular weight is 314 g/mol. The molecule has 5 heteroatoms. The first-order valence-corrected chi connectivity index (χ1v) is 6.91. The van der Waals surface area contributed by atoms with Crippen LogP contribution in [-0.4, -0.2) is 32.2 Å². The highest BCUT2D eigenvalue weighted by molar-refractivity contribution is 6.08. The molecule has 0 aliphatic carbocycles. The summed E-state index contributed by atoms with van der Waals surface area (Å²) in [4.78, 5) is 12.2. The van der Waals surface area contributed by atoms with E-state index in [-0.39, 0.29) is 17.1 Å². The quantitative estimate of drug-likeness (QED) is 0.654. The molecule has 23 heavy (non-hydrogen) atoms. The van der Waals surface area contributed by atoms with Gasteiger partial charge in [-0.1, -0.05) is 12.1 Å². The summed E-state index contributed by atoms with van der Waals surface area (Å²) in [6.07, 6.45) is 2.95. The van der Waals surface area contributed by atoms with E-state index in [0.29, 0.717) is 22.8 Å². The predicted octanol–water partition coefficient (Wildman–Crippen LogP) is 3.31. The number of ether oxygens (including phenoxy) is 3. The van der Waals surface area contributed by atoms with Gasteiger partial charge in [0.25, 0.3) is 0 Å². The average Bonchev–Trinajstić information content (AvgIpc) is 2.59. The minimum atomic E-state index is -0.317. The van der Waals surface area contributed by atoms with E-state index in [1.54, 1.807) is 43.5 Å². The summed E-state index contributed by atoms with van der Waals surface area (Å²) in [5, 5.41) is 9.73. The topological polar surface area (TPSA) is 65.0 Å². The number of phenolic OH excluding ortho intramolecular Hbond substituents is 1. The molecule has 120 valence electrons. The fourth-order valence-corrected chi connectivity index (χ4v) is 2.13. The summed E-state index contributed by atoms with van der Waals surface area (Å²) in [6, 6.07) is 9.78. The number of para-hydroxylation sites is 1. The van der Waals surface area contributed by atoms with Gasteiger partial charge in [-0.15, -0.1) is 0 Å². The second-order valence-corrected chi connectivity index (χ2v) is 4.66. The molecule has 2 rings (SSSR count). The van der Waals surface area contributed by atoms with Crippen LogP contribution in [0.5, 0.6) is 23.0 Å². The fourth-order valence-electron chi connectivity index (χ4n) is 2.13. The number of aromatic hydroxyl groups is 1. The van der Waals surface area contributed by atoms with Crippen molar-refractivity contribution in [2.24, 2.45) is 0 Å². The number of hydrogen-bond acceptors (Lipinski definition) is 5. The minimum Gasteiger partial charge on any atom is -0.507 e. The van der Waals surface area contributed by atoms with E-state index in [1.807, 2.05) is 0 Å². The maximum Gasteiger partial charge on any atom is 0.189 e. The van der Waals surface area contributed by atoms with Gasteiger partial charge in [-0.3, -0.25) is 4.79 Å². The van der Waals surface area contributed by atoms with Gasteiger partial charge in [0.15, 0.2) is 5.78 Å². The van der Waals surface area contributed by atoms with Crippen molar-refractivity contribution < 1.29 is 24.1 Å². The highest BCUT2D eigenvalue weighted by Gasteiger charge is 2.12. The van der Waals surface area contributed by atoms with Gasteiger partial charge in [0.2, 0.25) is 0 Å². The lowest BCUT2D eigenvalue weighted by Gasteiger charge is -2.12. The van der Waals surface area contributed by atoms with E-state index in [2.05, 4.69) is 0 Å². The number of ketones is 1. The number of methoxy groups -OCH3 is 3. The number of phenols is 1. The van der Waals surface area contributed by atoms with E-state index in [1.165, 1.54) is 26.4 Å². The Morgan fingerprint density at radius 2 is 1.61 bits per heavy atom. The summed E-state index contributed by atoms with van der Waals surface area (Å²) in [5.74, 6) is 1.24. The predicted molar refractivity (Wildman–Crippen MR) is 87.6 cm³/mol. The molecule has 0 saturated carbocycles. The fraction of sp³-hybridized carbons (Fsp3) is 0.167. The van der Waals surface area contributed by atoms with Crippen LogP contribution in [-0.2, 0) is 0 Å². The third kappa shape index (κ3) is 3.63. The van der Waals surface area contributed by atoms with Crippen LogP contribution >= 0.6 is 0 Å². The Bertz CT molecular complexity index is 709.